The molecule has 0 bridgehead atoms. The van der Waals surface area contributed by atoms with Crippen molar-refractivity contribution in [1.29, 1.82) is 0 Å². The molecule has 2 N–H and O–H groups in total. The lowest BCUT2D eigenvalue weighted by Gasteiger charge is -2.35. The van der Waals surface area contributed by atoms with Crippen LogP contribution in [0.2, 0.25) is 5.02 Å². The zero-order valence-corrected chi connectivity index (χ0v) is 37.2. The number of Topliss-reactive ketones (excluding diaryl/α,β-unsaturated/α-hetero) is 1. The fourth-order valence-electron chi connectivity index (χ4n) is 8.92. The first-order chi connectivity index (χ1) is 28.4. The number of ketones is 1. The summed E-state index contributed by atoms with van der Waals surface area (Å²) in [5.41, 5.74) is -0.373. The molecular weight excluding hydrogens is 806 g/mol. The highest BCUT2D eigenvalue weighted by molar-refractivity contribution is 7.14. The Morgan fingerprint density at radius 1 is 1.08 bits per heavy atom. The second kappa shape index (κ2) is 17.2. The van der Waals surface area contributed by atoms with E-state index in [2.05, 4.69) is 11.9 Å². The molecule has 2 unspecified atom stereocenters. The first-order valence-corrected chi connectivity index (χ1v) is 22.3. The van der Waals surface area contributed by atoms with Crippen molar-refractivity contribution < 1.29 is 38.5 Å². The second-order valence-corrected chi connectivity index (χ2v) is 20.1. The molecular formula is C45H58ClN5O8S. The molecule has 3 saturated carbocycles. The molecule has 3 aromatic rings. The number of ether oxygens (including phenoxy) is 3. The van der Waals surface area contributed by atoms with Crippen molar-refractivity contribution in [3.8, 4) is 22.9 Å². The van der Waals surface area contributed by atoms with Gasteiger partial charge in [-0.15, -0.1) is 17.9 Å². The summed E-state index contributed by atoms with van der Waals surface area (Å²) in [6, 6.07) is 4.59. The van der Waals surface area contributed by atoms with E-state index < -0.39 is 40.8 Å². The molecule has 15 heteroatoms. The number of likely N-dealkylation sites (tertiary alicyclic amines) is 1. The number of nitrogens with one attached hydrogen (secondary N) is 1. The SMILES string of the molecule is C=C[C@@H]1CC1(CC(=O)[C@@H]1C[C@@H](Oc2cc(-c3csc(NC(C)C)n3)nc3c(Cl)c(OCCN(C)C)ccc23)CN1C(=O)[C@@H](CC(=O)OC1C[C@@H]2C[C@@H]2C1)C(C)(C)C)C(=O)O. The normalized spacial score (nSPS) is 26.2. The van der Waals surface area contributed by atoms with E-state index in [0.717, 1.165) is 18.0 Å². The molecule has 7 rings (SSSR count). The van der Waals surface area contributed by atoms with E-state index in [-0.39, 0.29) is 55.6 Å². The van der Waals surface area contributed by atoms with Gasteiger partial charge < -0.3 is 34.4 Å². The predicted octanol–water partition coefficient (Wildman–Crippen LogP) is 7.75. The van der Waals surface area contributed by atoms with Crippen LogP contribution in [0.5, 0.6) is 11.5 Å². The summed E-state index contributed by atoms with van der Waals surface area (Å²) >= 11 is 8.48. The molecule has 8 atom stereocenters. The average molecular weight is 865 g/mol. The lowest BCUT2D eigenvalue weighted by Crippen LogP contribution is -2.48. The van der Waals surface area contributed by atoms with Gasteiger partial charge in [-0.2, -0.15) is 0 Å². The molecule has 1 saturated heterocycles. The molecule has 4 aliphatic rings. The van der Waals surface area contributed by atoms with Crippen LogP contribution >= 0.6 is 22.9 Å². The van der Waals surface area contributed by atoms with E-state index in [0.29, 0.717) is 70.2 Å². The van der Waals surface area contributed by atoms with Crippen LogP contribution in [0.1, 0.15) is 79.6 Å². The third-order valence-electron chi connectivity index (χ3n) is 12.6. The molecule has 3 aliphatic carbocycles. The maximum atomic E-state index is 14.8. The van der Waals surface area contributed by atoms with Crippen LogP contribution in [0.3, 0.4) is 0 Å². The quantitative estimate of drug-likeness (QED) is 0.0947. The molecule has 0 radical (unpaired) electrons. The fraction of sp³-hybridized carbons (Fsp3) is 0.600. The summed E-state index contributed by atoms with van der Waals surface area (Å²) in [6.45, 7) is 14.7. The number of hydrogen-bond acceptors (Lipinski definition) is 12. The van der Waals surface area contributed by atoms with Crippen LogP contribution in [-0.4, -0.2) is 107 Å². The number of aromatic nitrogens is 2. The molecule has 60 heavy (non-hydrogen) atoms. The molecule has 1 amide bonds. The zero-order valence-electron chi connectivity index (χ0n) is 35.7. The Kier molecular flexibility index (Phi) is 12.6. The lowest BCUT2D eigenvalue weighted by atomic mass is 9.77. The number of hydrogen-bond donors (Lipinski definition) is 2. The van der Waals surface area contributed by atoms with Crippen molar-refractivity contribution in [1.82, 2.24) is 19.8 Å². The smallest absolute Gasteiger partial charge is 0.310 e. The number of esters is 1. The summed E-state index contributed by atoms with van der Waals surface area (Å²) in [6.07, 6.45) is 3.72. The number of carboxylic acids is 1. The van der Waals surface area contributed by atoms with Gasteiger partial charge in [-0.1, -0.05) is 38.4 Å². The number of allylic oxidation sites excluding steroid dienone is 1. The van der Waals surface area contributed by atoms with Crippen LogP contribution in [-0.2, 0) is 23.9 Å². The summed E-state index contributed by atoms with van der Waals surface area (Å²) in [7, 11) is 3.91. The van der Waals surface area contributed by atoms with Gasteiger partial charge in [0.2, 0.25) is 5.91 Å². The van der Waals surface area contributed by atoms with Gasteiger partial charge in [-0.25, -0.2) is 9.97 Å². The summed E-state index contributed by atoms with van der Waals surface area (Å²) in [4.78, 5) is 68.4. The largest absolute Gasteiger partial charge is 0.491 e. The van der Waals surface area contributed by atoms with Gasteiger partial charge in [0.25, 0.3) is 0 Å². The van der Waals surface area contributed by atoms with E-state index in [4.69, 9.17) is 35.8 Å². The number of fused-ring (bicyclic) bond motifs is 2. The monoisotopic (exact) mass is 863 g/mol. The Morgan fingerprint density at radius 2 is 1.82 bits per heavy atom. The van der Waals surface area contributed by atoms with Gasteiger partial charge in [0.1, 0.15) is 41.0 Å². The van der Waals surface area contributed by atoms with Gasteiger partial charge in [0.15, 0.2) is 10.9 Å². The van der Waals surface area contributed by atoms with E-state index in [1.807, 2.05) is 65.1 Å². The van der Waals surface area contributed by atoms with E-state index >= 15 is 0 Å². The third-order valence-corrected chi connectivity index (χ3v) is 13.7. The molecule has 3 heterocycles. The summed E-state index contributed by atoms with van der Waals surface area (Å²) in [5.74, 6) is -1.21. The minimum atomic E-state index is -1.27. The third kappa shape index (κ3) is 9.45. The Hall–Kier alpha value is -4.27. The Balaban J connectivity index is 1.21. The van der Waals surface area contributed by atoms with Gasteiger partial charge in [-0.3, -0.25) is 19.2 Å². The number of aliphatic carboxylic acids is 1. The molecule has 2 aromatic heterocycles. The highest BCUT2D eigenvalue weighted by Crippen LogP contribution is 2.57. The number of carboxylic acid groups (broad SMARTS) is 1. The standard InChI is InChI=1S/C45H58ClN5O8S/c1-9-27-20-45(27,42(55)56)21-35(52)34-17-29(22-51(34)41(54)31(44(4,5)6)18-38(53)59-28-15-25-14-26(25)16-28)58-37-19-32(33-23-60-43(49-33)47-24(2)3)48-40-30(37)10-11-36(39(40)46)57-13-12-50(7)8/h9-11,19,23-29,31,34H,1,12-18,20-22H2,2-8H3,(H,47,49)(H,55,56)/t25-,26+,27-,28?,29-,31-,34+,45?/m1/s1. The van der Waals surface area contributed by atoms with Crippen LogP contribution < -0.4 is 14.8 Å². The van der Waals surface area contributed by atoms with E-state index in [1.54, 1.807) is 18.2 Å². The Labute approximate surface area is 361 Å². The second-order valence-electron chi connectivity index (χ2n) is 18.9. The van der Waals surface area contributed by atoms with Gasteiger partial charge in [0, 0.05) is 42.3 Å². The minimum absolute atomic E-state index is 0.0333. The summed E-state index contributed by atoms with van der Waals surface area (Å²) < 4.78 is 18.8. The van der Waals surface area contributed by atoms with Crippen molar-refractivity contribution in [2.45, 2.75) is 104 Å². The molecule has 1 aliphatic heterocycles. The number of benzene rings is 1. The average Bonchev–Trinajstić information content (AvgIpc) is 3.84. The number of rotatable bonds is 18. The van der Waals surface area contributed by atoms with Crippen LogP contribution in [0.25, 0.3) is 22.3 Å². The number of likely N-dealkylation sites (N-methyl/N-ethyl adjacent to an activating group) is 1. The number of amides is 1. The number of pyridine rings is 1. The zero-order chi connectivity index (χ0) is 43.3. The molecule has 1 aromatic carbocycles. The molecule has 0 spiro atoms. The Bertz CT molecular complexity index is 2140. The minimum Gasteiger partial charge on any atom is -0.491 e. The summed E-state index contributed by atoms with van der Waals surface area (Å²) in [5, 5.41) is 17.1. The molecule has 4 fully saturated rings. The lowest BCUT2D eigenvalue weighted by molar-refractivity contribution is -0.157. The van der Waals surface area contributed by atoms with Crippen molar-refractivity contribution in [2.75, 3.05) is 39.1 Å². The number of anilines is 1. The maximum Gasteiger partial charge on any atom is 0.310 e. The van der Waals surface area contributed by atoms with Gasteiger partial charge in [0.05, 0.1) is 41.6 Å². The van der Waals surface area contributed by atoms with Gasteiger partial charge >= 0.3 is 11.9 Å². The number of carbonyl (C=O) groups is 4. The first-order valence-electron chi connectivity index (χ1n) is 21.0. The Morgan fingerprint density at radius 3 is 2.45 bits per heavy atom. The maximum absolute atomic E-state index is 14.8. The first kappa shape index (κ1) is 43.8. The van der Waals surface area contributed by atoms with Gasteiger partial charge in [-0.05, 0) is 88.9 Å². The van der Waals surface area contributed by atoms with Crippen LogP contribution in [0.4, 0.5) is 5.13 Å². The predicted molar refractivity (Wildman–Crippen MR) is 231 cm³/mol. The number of thiazole rings is 1. The topological polar surface area (TPSA) is 160 Å². The van der Waals surface area contributed by atoms with Crippen molar-refractivity contribution in [3.63, 3.8) is 0 Å². The molecule has 13 nitrogen and oxygen atoms in total. The van der Waals surface area contributed by atoms with Crippen LogP contribution in [0, 0.1) is 34.5 Å². The number of nitrogens with zero attached hydrogens (tertiary/aromatic N) is 4. The van der Waals surface area contributed by atoms with Crippen molar-refractivity contribution in [3.05, 3.63) is 41.3 Å². The highest BCUT2D eigenvalue weighted by Gasteiger charge is 2.61. The number of carbonyl (C=O) groups excluding carboxylic acids is 3. The number of halogens is 1. The molecule has 324 valence electrons. The van der Waals surface area contributed by atoms with E-state index in [9.17, 15) is 24.3 Å². The highest BCUT2D eigenvalue weighted by atomic mass is 35.5. The van der Waals surface area contributed by atoms with Crippen molar-refractivity contribution >= 4 is 62.6 Å². The van der Waals surface area contributed by atoms with E-state index in [1.165, 1.54) is 22.7 Å². The van der Waals surface area contributed by atoms with Crippen molar-refractivity contribution in [2.24, 2.45) is 34.5 Å². The van der Waals surface area contributed by atoms with Crippen LogP contribution in [0.15, 0.2) is 36.2 Å². The fourth-order valence-corrected chi connectivity index (χ4v) is 10.0.